The summed E-state index contributed by atoms with van der Waals surface area (Å²) in [6.07, 6.45) is 3.70. The van der Waals surface area contributed by atoms with Gasteiger partial charge in [-0.15, -0.1) is 0 Å². The fourth-order valence-electron chi connectivity index (χ4n) is 1.99. The molecule has 0 bridgehead atoms. The van der Waals surface area contributed by atoms with Crippen LogP contribution < -0.4 is 10.1 Å². The van der Waals surface area contributed by atoms with Crippen LogP contribution in [-0.2, 0) is 0 Å². The van der Waals surface area contributed by atoms with Crippen LogP contribution in [0, 0.1) is 0 Å². The van der Waals surface area contributed by atoms with E-state index in [0.29, 0.717) is 12.1 Å². The first-order valence-electron chi connectivity index (χ1n) is 6.14. The molecule has 0 spiro atoms. The molecule has 0 aromatic heterocycles. The summed E-state index contributed by atoms with van der Waals surface area (Å²) in [7, 11) is 0. The lowest BCUT2D eigenvalue weighted by Crippen LogP contribution is -2.47. The second-order valence-electron chi connectivity index (χ2n) is 4.56. The van der Waals surface area contributed by atoms with E-state index in [-0.39, 0.29) is 0 Å². The lowest BCUT2D eigenvalue weighted by atomic mass is 9.89. The molecular formula is C13H16Br3NO. The summed E-state index contributed by atoms with van der Waals surface area (Å²) in [5.74, 6) is 0.900. The van der Waals surface area contributed by atoms with Gasteiger partial charge >= 0.3 is 0 Å². The Hall–Kier alpha value is 0.420. The molecule has 0 atom stereocenters. The van der Waals surface area contributed by atoms with Crippen molar-refractivity contribution < 1.29 is 4.74 Å². The largest absolute Gasteiger partial charge is 0.488 e. The van der Waals surface area contributed by atoms with Crippen LogP contribution >= 0.6 is 47.8 Å². The molecule has 1 aromatic carbocycles. The zero-order valence-corrected chi connectivity index (χ0v) is 14.9. The highest BCUT2D eigenvalue weighted by Crippen LogP contribution is 2.39. The highest BCUT2D eigenvalue weighted by molar-refractivity contribution is 9.11. The van der Waals surface area contributed by atoms with E-state index in [1.807, 2.05) is 12.1 Å². The van der Waals surface area contributed by atoms with Gasteiger partial charge in [0.25, 0.3) is 0 Å². The quantitative estimate of drug-likeness (QED) is 0.702. The number of hydrogen-bond acceptors (Lipinski definition) is 2. The molecule has 0 radical (unpaired) electrons. The van der Waals surface area contributed by atoms with Crippen LogP contribution in [0.15, 0.2) is 25.6 Å². The van der Waals surface area contributed by atoms with Crippen molar-refractivity contribution in [2.45, 2.75) is 38.3 Å². The second-order valence-corrected chi connectivity index (χ2v) is 7.19. The molecule has 1 aromatic rings. The first-order valence-corrected chi connectivity index (χ1v) is 8.52. The van der Waals surface area contributed by atoms with Crippen LogP contribution in [0.3, 0.4) is 0 Å². The van der Waals surface area contributed by atoms with Gasteiger partial charge < -0.3 is 10.1 Å². The predicted molar refractivity (Wildman–Crippen MR) is 85.3 cm³/mol. The van der Waals surface area contributed by atoms with Gasteiger partial charge in [0, 0.05) is 10.5 Å². The number of ether oxygens (including phenoxy) is 1. The molecule has 0 heterocycles. The van der Waals surface area contributed by atoms with E-state index < -0.39 is 0 Å². The number of benzene rings is 1. The van der Waals surface area contributed by atoms with Crippen LogP contribution in [-0.4, -0.2) is 18.7 Å². The molecule has 0 aliphatic heterocycles. The third-order valence-corrected chi connectivity index (χ3v) is 4.66. The Morgan fingerprint density at radius 2 is 1.83 bits per heavy atom. The first-order chi connectivity index (χ1) is 8.60. The molecule has 1 aliphatic carbocycles. The number of hydrogen-bond donors (Lipinski definition) is 1. The van der Waals surface area contributed by atoms with Crippen molar-refractivity contribution in [3.05, 3.63) is 25.6 Å². The van der Waals surface area contributed by atoms with Crippen molar-refractivity contribution in [2.75, 3.05) is 6.54 Å². The van der Waals surface area contributed by atoms with Gasteiger partial charge in [-0.3, -0.25) is 0 Å². The highest BCUT2D eigenvalue weighted by atomic mass is 79.9. The molecule has 1 aliphatic rings. The summed E-state index contributed by atoms with van der Waals surface area (Å²) in [6, 6.07) is 4.64. The molecule has 100 valence electrons. The Bertz CT molecular complexity index is 396. The summed E-state index contributed by atoms with van der Waals surface area (Å²) in [5.41, 5.74) is 0. The third kappa shape index (κ3) is 3.71. The summed E-state index contributed by atoms with van der Waals surface area (Å²) in [5, 5.41) is 3.51. The maximum Gasteiger partial charge on any atom is 0.148 e. The standard InChI is InChI=1S/C13H16Br3NO/c1-2-3-17-9-6-10(7-9)18-13-11(15)4-8(14)5-12(13)16/h4-5,9-10,17H,2-3,6-7H2,1H3. The Balaban J connectivity index is 1.89. The van der Waals surface area contributed by atoms with Crippen molar-refractivity contribution >= 4 is 47.8 Å². The smallest absolute Gasteiger partial charge is 0.148 e. The lowest BCUT2D eigenvalue weighted by Gasteiger charge is -2.36. The van der Waals surface area contributed by atoms with Crippen molar-refractivity contribution in [3.63, 3.8) is 0 Å². The van der Waals surface area contributed by atoms with Crippen LogP contribution in [0.5, 0.6) is 5.75 Å². The molecule has 2 rings (SSSR count). The van der Waals surface area contributed by atoms with Gasteiger partial charge in [-0.1, -0.05) is 22.9 Å². The van der Waals surface area contributed by atoms with Crippen molar-refractivity contribution in [2.24, 2.45) is 0 Å². The monoisotopic (exact) mass is 439 g/mol. The molecule has 0 unspecified atom stereocenters. The molecule has 18 heavy (non-hydrogen) atoms. The van der Waals surface area contributed by atoms with Crippen LogP contribution in [0.4, 0.5) is 0 Å². The van der Waals surface area contributed by atoms with Gasteiger partial charge in [-0.05, 0) is 69.8 Å². The van der Waals surface area contributed by atoms with E-state index in [4.69, 9.17) is 4.74 Å². The minimum Gasteiger partial charge on any atom is -0.488 e. The van der Waals surface area contributed by atoms with Gasteiger partial charge in [-0.2, -0.15) is 0 Å². The Labute approximate surface area is 133 Å². The minimum absolute atomic E-state index is 0.327. The fourth-order valence-corrected chi connectivity index (χ4v) is 4.43. The molecule has 1 saturated carbocycles. The molecule has 1 N–H and O–H groups in total. The van der Waals surface area contributed by atoms with Gasteiger partial charge in [-0.25, -0.2) is 0 Å². The van der Waals surface area contributed by atoms with Crippen molar-refractivity contribution in [3.8, 4) is 5.75 Å². The van der Waals surface area contributed by atoms with E-state index in [1.165, 1.54) is 6.42 Å². The van der Waals surface area contributed by atoms with Crippen LogP contribution in [0.25, 0.3) is 0 Å². The normalized spacial score (nSPS) is 22.7. The average Bonchev–Trinajstić information content (AvgIpc) is 2.24. The van der Waals surface area contributed by atoms with E-state index in [0.717, 1.165) is 38.6 Å². The molecule has 1 fully saturated rings. The average molecular weight is 442 g/mol. The maximum atomic E-state index is 6.02. The van der Waals surface area contributed by atoms with Gasteiger partial charge in [0.1, 0.15) is 11.9 Å². The number of nitrogens with one attached hydrogen (secondary N) is 1. The third-order valence-electron chi connectivity index (χ3n) is 3.03. The van der Waals surface area contributed by atoms with Crippen molar-refractivity contribution in [1.29, 1.82) is 0 Å². The van der Waals surface area contributed by atoms with E-state index in [2.05, 4.69) is 60.0 Å². The molecule has 0 amide bonds. The minimum atomic E-state index is 0.327. The first kappa shape index (κ1) is 14.8. The van der Waals surface area contributed by atoms with E-state index >= 15 is 0 Å². The summed E-state index contributed by atoms with van der Waals surface area (Å²) >= 11 is 10.5. The zero-order valence-electron chi connectivity index (χ0n) is 10.2. The Kier molecular flexibility index (Phi) is 5.54. The SMILES string of the molecule is CCCNC1CC(Oc2c(Br)cc(Br)cc2Br)C1. The fraction of sp³-hybridized carbons (Fsp3) is 0.538. The van der Waals surface area contributed by atoms with Gasteiger partial charge in [0.05, 0.1) is 8.95 Å². The van der Waals surface area contributed by atoms with Crippen LogP contribution in [0.1, 0.15) is 26.2 Å². The topological polar surface area (TPSA) is 21.3 Å². The number of halogens is 3. The molecular weight excluding hydrogens is 426 g/mol. The Morgan fingerprint density at radius 1 is 1.22 bits per heavy atom. The van der Waals surface area contributed by atoms with E-state index in [9.17, 15) is 0 Å². The van der Waals surface area contributed by atoms with Crippen molar-refractivity contribution in [1.82, 2.24) is 5.32 Å². The van der Waals surface area contributed by atoms with Gasteiger partial charge in [0.2, 0.25) is 0 Å². The highest BCUT2D eigenvalue weighted by Gasteiger charge is 2.31. The Morgan fingerprint density at radius 3 is 2.39 bits per heavy atom. The summed E-state index contributed by atoms with van der Waals surface area (Å²) in [4.78, 5) is 0. The summed E-state index contributed by atoms with van der Waals surface area (Å²) < 4.78 is 9.02. The molecule has 2 nitrogen and oxygen atoms in total. The van der Waals surface area contributed by atoms with Crippen LogP contribution in [0.2, 0.25) is 0 Å². The second kappa shape index (κ2) is 6.73. The maximum absolute atomic E-state index is 6.02. The summed E-state index contributed by atoms with van der Waals surface area (Å²) in [6.45, 7) is 3.29. The predicted octanol–water partition coefficient (Wildman–Crippen LogP) is 4.88. The van der Waals surface area contributed by atoms with E-state index in [1.54, 1.807) is 0 Å². The zero-order chi connectivity index (χ0) is 13.1. The molecule has 5 heteroatoms. The van der Waals surface area contributed by atoms with Gasteiger partial charge in [0.15, 0.2) is 0 Å². The number of rotatable bonds is 5. The lowest BCUT2D eigenvalue weighted by molar-refractivity contribution is 0.0837. The molecule has 0 saturated heterocycles.